The number of carboxylic acid groups (broad SMARTS) is 1. The van der Waals surface area contributed by atoms with Gasteiger partial charge in [0.2, 0.25) is 0 Å². The first-order valence-electron chi connectivity index (χ1n) is 9.48. The monoisotopic (exact) mass is 446 g/mol. The molecule has 1 aliphatic rings. The van der Waals surface area contributed by atoms with Crippen molar-refractivity contribution in [1.82, 2.24) is 10.3 Å². The van der Waals surface area contributed by atoms with Gasteiger partial charge in [-0.05, 0) is 35.7 Å². The summed E-state index contributed by atoms with van der Waals surface area (Å²) >= 11 is 12.5. The highest BCUT2D eigenvalue weighted by Gasteiger charge is 2.39. The molecule has 30 heavy (non-hydrogen) atoms. The molecule has 3 aromatic rings. The number of aryl methyl sites for hydroxylation is 1. The van der Waals surface area contributed by atoms with Crippen molar-refractivity contribution in [2.45, 2.75) is 25.3 Å². The summed E-state index contributed by atoms with van der Waals surface area (Å²) in [6.07, 6.45) is 0.566. The molecule has 0 radical (unpaired) electrons. The van der Waals surface area contributed by atoms with E-state index in [2.05, 4.69) is 10.3 Å². The summed E-state index contributed by atoms with van der Waals surface area (Å²) in [5.41, 5.74) is 2.76. The van der Waals surface area contributed by atoms with E-state index in [9.17, 15) is 9.59 Å². The lowest BCUT2D eigenvalue weighted by atomic mass is 9.88. The summed E-state index contributed by atoms with van der Waals surface area (Å²) in [5.74, 6) is -1.15. The van der Waals surface area contributed by atoms with E-state index < -0.39 is 11.5 Å². The lowest BCUT2D eigenvalue weighted by Gasteiger charge is -2.29. The third-order valence-electron chi connectivity index (χ3n) is 5.57. The van der Waals surface area contributed by atoms with Crippen molar-refractivity contribution in [2.24, 2.45) is 0 Å². The van der Waals surface area contributed by atoms with Crippen LogP contribution in [0.4, 0.5) is 0 Å². The Kier molecular flexibility index (Phi) is 5.49. The summed E-state index contributed by atoms with van der Waals surface area (Å²) in [4.78, 5) is 27.3. The maximum atomic E-state index is 13.2. The number of benzene rings is 2. The predicted molar refractivity (Wildman–Crippen MR) is 115 cm³/mol. The number of aliphatic carboxylic acids is 1. The number of carboxylic acids is 1. The normalized spacial score (nSPS) is 18.6. The lowest BCUT2D eigenvalue weighted by molar-refractivity contribution is -0.136. The molecule has 0 spiro atoms. The van der Waals surface area contributed by atoms with Gasteiger partial charge in [0, 0.05) is 23.9 Å². The second kappa shape index (κ2) is 7.95. The number of rotatable bonds is 5. The second-order valence-electron chi connectivity index (χ2n) is 7.52. The van der Waals surface area contributed by atoms with E-state index in [-0.39, 0.29) is 12.3 Å². The molecule has 1 aromatic heterocycles. The fourth-order valence-corrected chi connectivity index (χ4v) is 4.43. The van der Waals surface area contributed by atoms with Gasteiger partial charge in [-0.3, -0.25) is 9.59 Å². The van der Waals surface area contributed by atoms with Crippen molar-refractivity contribution >= 4 is 46.0 Å². The summed E-state index contributed by atoms with van der Waals surface area (Å²) in [7, 11) is 0. The average molecular weight is 447 g/mol. The standard InChI is InChI=1S/C22H20Cl2N2O4/c1-12-18-16(7-6-15(23)19(18)24)25-20(12)21(29)26-22(8-9-30-11-22)14-4-2-13(3-5-14)10-17(27)28/h2-7,25H,8-11H2,1H3,(H,26,29)(H,27,28). The number of hydrogen-bond donors (Lipinski definition) is 3. The Hall–Kier alpha value is -2.54. The molecular weight excluding hydrogens is 427 g/mol. The van der Waals surface area contributed by atoms with E-state index in [0.717, 1.165) is 22.0 Å². The Morgan fingerprint density at radius 1 is 1.20 bits per heavy atom. The van der Waals surface area contributed by atoms with Crippen LogP contribution in [0.15, 0.2) is 36.4 Å². The zero-order valence-corrected chi connectivity index (χ0v) is 17.7. The molecule has 2 heterocycles. The minimum absolute atomic E-state index is 0.0479. The first-order chi connectivity index (χ1) is 14.3. The van der Waals surface area contributed by atoms with E-state index in [1.165, 1.54) is 0 Å². The van der Waals surface area contributed by atoms with Crippen LogP contribution in [-0.4, -0.2) is 35.2 Å². The molecular formula is C22H20Cl2N2O4. The van der Waals surface area contributed by atoms with Crippen molar-refractivity contribution in [2.75, 3.05) is 13.2 Å². The number of hydrogen-bond acceptors (Lipinski definition) is 3. The zero-order valence-electron chi connectivity index (χ0n) is 16.2. The largest absolute Gasteiger partial charge is 0.481 e. The van der Waals surface area contributed by atoms with E-state index >= 15 is 0 Å². The number of ether oxygens (including phenoxy) is 1. The highest BCUT2D eigenvalue weighted by atomic mass is 35.5. The van der Waals surface area contributed by atoms with Gasteiger partial charge in [0.1, 0.15) is 5.69 Å². The van der Waals surface area contributed by atoms with Crippen LogP contribution in [0.25, 0.3) is 10.9 Å². The zero-order chi connectivity index (χ0) is 21.5. The Labute approximate surface area is 183 Å². The van der Waals surface area contributed by atoms with E-state index in [4.69, 9.17) is 33.0 Å². The van der Waals surface area contributed by atoms with E-state index in [1.807, 2.05) is 19.1 Å². The summed E-state index contributed by atoms with van der Waals surface area (Å²) in [6.45, 7) is 2.68. The SMILES string of the molecule is Cc1c(C(=O)NC2(c3ccc(CC(=O)O)cc3)CCOC2)[nH]c2ccc(Cl)c(Cl)c12. The molecule has 4 rings (SSSR count). The number of carbonyl (C=O) groups is 2. The number of carbonyl (C=O) groups excluding carboxylic acids is 1. The molecule has 2 aromatic carbocycles. The topological polar surface area (TPSA) is 91.4 Å². The quantitative estimate of drug-likeness (QED) is 0.539. The van der Waals surface area contributed by atoms with Crippen LogP contribution >= 0.6 is 23.2 Å². The third kappa shape index (κ3) is 3.67. The van der Waals surface area contributed by atoms with E-state index in [1.54, 1.807) is 24.3 Å². The number of fused-ring (bicyclic) bond motifs is 1. The molecule has 0 saturated carbocycles. The third-order valence-corrected chi connectivity index (χ3v) is 6.37. The van der Waals surface area contributed by atoms with Crippen LogP contribution < -0.4 is 5.32 Å². The van der Waals surface area contributed by atoms with Gasteiger partial charge >= 0.3 is 5.97 Å². The maximum Gasteiger partial charge on any atom is 0.307 e. The Bertz CT molecular complexity index is 1130. The molecule has 8 heteroatoms. The first kappa shape index (κ1) is 20.7. The van der Waals surface area contributed by atoms with Gasteiger partial charge in [0.25, 0.3) is 5.91 Å². The van der Waals surface area contributed by atoms with Crippen LogP contribution in [-0.2, 0) is 21.5 Å². The van der Waals surface area contributed by atoms with Gasteiger partial charge in [0.15, 0.2) is 0 Å². The molecule has 156 valence electrons. The molecule has 0 bridgehead atoms. The van der Waals surface area contributed by atoms with Gasteiger partial charge in [-0.15, -0.1) is 0 Å². The Morgan fingerprint density at radius 2 is 1.93 bits per heavy atom. The van der Waals surface area contributed by atoms with Crippen molar-refractivity contribution in [3.8, 4) is 0 Å². The highest BCUT2D eigenvalue weighted by molar-refractivity contribution is 6.45. The molecule has 0 aliphatic carbocycles. The van der Waals surface area contributed by atoms with Crippen LogP contribution in [0.5, 0.6) is 0 Å². The van der Waals surface area contributed by atoms with Gasteiger partial charge < -0.3 is 20.1 Å². The molecule has 1 atom stereocenters. The molecule has 1 amide bonds. The van der Waals surface area contributed by atoms with Crippen LogP contribution in [0.1, 0.15) is 33.6 Å². The van der Waals surface area contributed by atoms with Crippen molar-refractivity contribution in [3.05, 3.63) is 68.8 Å². The van der Waals surface area contributed by atoms with Crippen LogP contribution in [0.2, 0.25) is 10.0 Å². The summed E-state index contributed by atoms with van der Waals surface area (Å²) < 4.78 is 5.61. The fraction of sp³-hybridized carbons (Fsp3) is 0.273. The van der Waals surface area contributed by atoms with Gasteiger partial charge in [-0.2, -0.15) is 0 Å². The van der Waals surface area contributed by atoms with Crippen LogP contribution in [0.3, 0.4) is 0 Å². The highest BCUT2D eigenvalue weighted by Crippen LogP contribution is 2.35. The first-order valence-corrected chi connectivity index (χ1v) is 10.2. The molecule has 6 nitrogen and oxygen atoms in total. The Balaban J connectivity index is 1.66. The minimum atomic E-state index is -0.886. The molecule has 1 aliphatic heterocycles. The smallest absolute Gasteiger partial charge is 0.307 e. The van der Waals surface area contributed by atoms with Crippen molar-refractivity contribution in [3.63, 3.8) is 0 Å². The number of nitrogens with one attached hydrogen (secondary N) is 2. The number of H-pyrrole nitrogens is 1. The fourth-order valence-electron chi connectivity index (χ4n) is 3.96. The van der Waals surface area contributed by atoms with Gasteiger partial charge in [-0.25, -0.2) is 0 Å². The van der Waals surface area contributed by atoms with Gasteiger partial charge in [-0.1, -0.05) is 47.5 Å². The van der Waals surface area contributed by atoms with E-state index in [0.29, 0.717) is 40.9 Å². The summed E-state index contributed by atoms with van der Waals surface area (Å²) in [5, 5.41) is 13.7. The minimum Gasteiger partial charge on any atom is -0.481 e. The Morgan fingerprint density at radius 3 is 2.57 bits per heavy atom. The molecule has 1 saturated heterocycles. The molecule has 1 fully saturated rings. The number of aromatic nitrogens is 1. The predicted octanol–water partition coefficient (Wildman–Crippen LogP) is 4.46. The molecule has 1 unspecified atom stereocenters. The average Bonchev–Trinajstić information content (AvgIpc) is 3.30. The van der Waals surface area contributed by atoms with Crippen molar-refractivity contribution < 1.29 is 19.4 Å². The summed E-state index contributed by atoms with van der Waals surface area (Å²) in [6, 6.07) is 10.7. The number of amides is 1. The van der Waals surface area contributed by atoms with Gasteiger partial charge in [0.05, 0.1) is 28.6 Å². The molecule has 3 N–H and O–H groups in total. The number of aromatic amines is 1. The second-order valence-corrected chi connectivity index (χ2v) is 8.30. The van der Waals surface area contributed by atoms with Crippen molar-refractivity contribution in [1.29, 1.82) is 0 Å². The maximum absolute atomic E-state index is 13.2. The number of halogens is 2. The van der Waals surface area contributed by atoms with Crippen LogP contribution in [0, 0.1) is 6.92 Å². The lowest BCUT2D eigenvalue weighted by Crippen LogP contribution is -2.46.